The van der Waals surface area contributed by atoms with Crippen LogP contribution in [-0.4, -0.2) is 46.6 Å². The van der Waals surface area contributed by atoms with E-state index in [1.165, 1.54) is 12.0 Å². The first-order valence-corrected chi connectivity index (χ1v) is 10.2. The summed E-state index contributed by atoms with van der Waals surface area (Å²) in [4.78, 5) is 11.6. The number of nitrogens with one attached hydrogen (secondary N) is 1. The number of benzene rings is 1. The summed E-state index contributed by atoms with van der Waals surface area (Å²) in [6.07, 6.45) is 8.13. The van der Waals surface area contributed by atoms with Gasteiger partial charge in [0.2, 0.25) is 0 Å². The van der Waals surface area contributed by atoms with E-state index in [-0.39, 0.29) is 24.0 Å². The summed E-state index contributed by atoms with van der Waals surface area (Å²) in [5.41, 5.74) is 1.39. The molecule has 154 valence electrons. The van der Waals surface area contributed by atoms with Gasteiger partial charge in [-0.25, -0.2) is 4.98 Å². The number of piperidine rings is 1. The van der Waals surface area contributed by atoms with Gasteiger partial charge in [-0.15, -0.1) is 24.0 Å². The van der Waals surface area contributed by atoms with Crippen LogP contribution in [0, 0.1) is 5.92 Å². The summed E-state index contributed by atoms with van der Waals surface area (Å²) in [7, 11) is 0. The Kier molecular flexibility index (Phi) is 9.28. The van der Waals surface area contributed by atoms with Crippen molar-refractivity contribution in [1.29, 1.82) is 0 Å². The van der Waals surface area contributed by atoms with Crippen LogP contribution in [0.2, 0.25) is 0 Å². The van der Waals surface area contributed by atoms with Crippen molar-refractivity contribution in [2.75, 3.05) is 26.2 Å². The van der Waals surface area contributed by atoms with Crippen LogP contribution in [0.5, 0.6) is 0 Å². The Labute approximate surface area is 186 Å². The highest BCUT2D eigenvalue weighted by molar-refractivity contribution is 14.0. The smallest absolute Gasteiger partial charge is 0.193 e. The summed E-state index contributed by atoms with van der Waals surface area (Å²) in [5, 5.41) is 3.50. The minimum atomic E-state index is 0. The highest BCUT2D eigenvalue weighted by Crippen LogP contribution is 2.27. The van der Waals surface area contributed by atoms with Crippen LogP contribution in [0.1, 0.15) is 51.1 Å². The molecule has 2 aromatic rings. The number of hydrogen-bond acceptors (Lipinski definition) is 2. The highest BCUT2D eigenvalue weighted by Gasteiger charge is 2.28. The normalized spacial score (nSPS) is 21.1. The standard InChI is InChI=1S/C22H33N5.HI/c1-4-24-22(25-12-10-18(2)20-8-6-5-7-9-20)26-14-11-19(3)21(16-26)27-15-13-23-17-27;/h5-9,13,15,17-19,21H,4,10-12,14,16H2,1-3H3,(H,24,25);1H. The molecule has 2 heterocycles. The predicted molar refractivity (Wildman–Crippen MR) is 127 cm³/mol. The molecule has 1 aromatic carbocycles. The Balaban J connectivity index is 0.00000280. The first-order chi connectivity index (χ1) is 13.2. The molecule has 1 aliphatic rings. The van der Waals surface area contributed by atoms with Crippen molar-refractivity contribution in [3.8, 4) is 0 Å². The first kappa shape index (κ1) is 22.7. The Morgan fingerprint density at radius 2 is 2.11 bits per heavy atom. The molecular formula is C22H34IN5. The predicted octanol–water partition coefficient (Wildman–Crippen LogP) is 4.54. The Morgan fingerprint density at radius 3 is 2.79 bits per heavy atom. The third-order valence-electron chi connectivity index (χ3n) is 5.65. The van der Waals surface area contributed by atoms with Crippen LogP contribution >= 0.6 is 24.0 Å². The molecule has 0 aliphatic carbocycles. The molecule has 28 heavy (non-hydrogen) atoms. The molecule has 3 unspecified atom stereocenters. The lowest BCUT2D eigenvalue weighted by Crippen LogP contribution is -2.49. The van der Waals surface area contributed by atoms with Crippen molar-refractivity contribution in [3.63, 3.8) is 0 Å². The Bertz CT molecular complexity index is 701. The van der Waals surface area contributed by atoms with E-state index in [1.807, 2.05) is 12.5 Å². The maximum Gasteiger partial charge on any atom is 0.193 e. The molecule has 5 nitrogen and oxygen atoms in total. The van der Waals surface area contributed by atoms with Gasteiger partial charge in [-0.3, -0.25) is 4.99 Å². The minimum Gasteiger partial charge on any atom is -0.357 e. The van der Waals surface area contributed by atoms with E-state index in [0.29, 0.717) is 17.9 Å². The van der Waals surface area contributed by atoms with E-state index >= 15 is 0 Å². The van der Waals surface area contributed by atoms with Crippen LogP contribution in [0.25, 0.3) is 0 Å². The van der Waals surface area contributed by atoms with E-state index in [4.69, 9.17) is 4.99 Å². The number of likely N-dealkylation sites (tertiary alicyclic amines) is 1. The summed E-state index contributed by atoms with van der Waals surface area (Å²) < 4.78 is 2.25. The number of aromatic nitrogens is 2. The number of halogens is 1. The Hall–Kier alpha value is -1.57. The SMILES string of the molecule is CCNC(=NCCC(C)c1ccccc1)N1CCC(C)C(n2ccnc2)C1.I. The van der Waals surface area contributed by atoms with Gasteiger partial charge in [0.15, 0.2) is 5.96 Å². The fraction of sp³-hybridized carbons (Fsp3) is 0.545. The van der Waals surface area contributed by atoms with Gasteiger partial charge < -0.3 is 14.8 Å². The number of hydrogen-bond donors (Lipinski definition) is 1. The minimum absolute atomic E-state index is 0. The van der Waals surface area contributed by atoms with Crippen LogP contribution in [-0.2, 0) is 0 Å². The van der Waals surface area contributed by atoms with Crippen LogP contribution in [0.3, 0.4) is 0 Å². The average Bonchev–Trinajstić information content (AvgIpc) is 3.23. The Morgan fingerprint density at radius 1 is 1.32 bits per heavy atom. The number of aliphatic imine (C=N–C) groups is 1. The lowest BCUT2D eigenvalue weighted by atomic mass is 9.93. The van der Waals surface area contributed by atoms with E-state index in [2.05, 4.69) is 77.1 Å². The van der Waals surface area contributed by atoms with Gasteiger partial charge in [-0.1, -0.05) is 44.2 Å². The highest BCUT2D eigenvalue weighted by atomic mass is 127. The second kappa shape index (κ2) is 11.4. The quantitative estimate of drug-likeness (QED) is 0.364. The summed E-state index contributed by atoms with van der Waals surface area (Å²) >= 11 is 0. The summed E-state index contributed by atoms with van der Waals surface area (Å²) in [5.74, 6) is 2.23. The monoisotopic (exact) mass is 495 g/mol. The molecule has 0 amide bonds. The molecule has 0 spiro atoms. The molecular weight excluding hydrogens is 461 g/mol. The number of guanidine groups is 1. The molecule has 3 rings (SSSR count). The molecule has 1 aromatic heterocycles. The largest absolute Gasteiger partial charge is 0.357 e. The maximum atomic E-state index is 4.95. The molecule has 6 heteroatoms. The van der Waals surface area contributed by atoms with Gasteiger partial charge in [0.1, 0.15) is 0 Å². The second-order valence-electron chi connectivity index (χ2n) is 7.63. The molecule has 1 fully saturated rings. The lowest BCUT2D eigenvalue weighted by molar-refractivity contribution is 0.189. The molecule has 1 aliphatic heterocycles. The van der Waals surface area contributed by atoms with Crippen LogP contribution < -0.4 is 5.32 Å². The maximum absolute atomic E-state index is 4.95. The van der Waals surface area contributed by atoms with Gasteiger partial charge in [0.05, 0.1) is 12.4 Å². The third-order valence-corrected chi connectivity index (χ3v) is 5.65. The number of imidazole rings is 1. The van der Waals surface area contributed by atoms with Crippen molar-refractivity contribution in [3.05, 3.63) is 54.6 Å². The van der Waals surface area contributed by atoms with E-state index in [9.17, 15) is 0 Å². The van der Waals surface area contributed by atoms with Gasteiger partial charge in [-0.2, -0.15) is 0 Å². The van der Waals surface area contributed by atoms with Gasteiger partial charge in [0, 0.05) is 38.6 Å². The van der Waals surface area contributed by atoms with Crippen molar-refractivity contribution >= 4 is 29.9 Å². The topological polar surface area (TPSA) is 45.5 Å². The molecule has 1 N–H and O–H groups in total. The van der Waals surface area contributed by atoms with E-state index < -0.39 is 0 Å². The van der Waals surface area contributed by atoms with Crippen molar-refractivity contribution in [1.82, 2.24) is 19.8 Å². The molecule has 0 saturated carbocycles. The summed E-state index contributed by atoms with van der Waals surface area (Å²) in [6.45, 7) is 10.6. The second-order valence-corrected chi connectivity index (χ2v) is 7.63. The zero-order chi connectivity index (χ0) is 19.1. The first-order valence-electron chi connectivity index (χ1n) is 10.2. The van der Waals surface area contributed by atoms with Crippen LogP contribution in [0.15, 0.2) is 54.0 Å². The summed E-state index contributed by atoms with van der Waals surface area (Å²) in [6, 6.07) is 11.2. The number of rotatable bonds is 6. The van der Waals surface area contributed by atoms with Gasteiger partial charge >= 0.3 is 0 Å². The zero-order valence-electron chi connectivity index (χ0n) is 17.3. The van der Waals surface area contributed by atoms with Crippen molar-refractivity contribution < 1.29 is 0 Å². The number of nitrogens with zero attached hydrogens (tertiary/aromatic N) is 4. The average molecular weight is 495 g/mol. The third kappa shape index (κ3) is 5.96. The molecule has 3 atom stereocenters. The van der Waals surface area contributed by atoms with E-state index in [0.717, 1.165) is 38.6 Å². The zero-order valence-corrected chi connectivity index (χ0v) is 19.6. The van der Waals surface area contributed by atoms with E-state index in [1.54, 1.807) is 0 Å². The fourth-order valence-corrected chi connectivity index (χ4v) is 3.83. The molecule has 0 bridgehead atoms. The molecule has 0 radical (unpaired) electrons. The van der Waals surface area contributed by atoms with Crippen LogP contribution in [0.4, 0.5) is 0 Å². The van der Waals surface area contributed by atoms with Crippen molar-refractivity contribution in [2.24, 2.45) is 10.9 Å². The van der Waals surface area contributed by atoms with Crippen molar-refractivity contribution in [2.45, 2.75) is 45.6 Å². The lowest BCUT2D eigenvalue weighted by Gasteiger charge is -2.39. The fourth-order valence-electron chi connectivity index (χ4n) is 3.83. The van der Waals surface area contributed by atoms with Gasteiger partial charge in [0.25, 0.3) is 0 Å². The van der Waals surface area contributed by atoms with Gasteiger partial charge in [-0.05, 0) is 37.2 Å². The molecule has 1 saturated heterocycles.